The van der Waals surface area contributed by atoms with Crippen molar-refractivity contribution in [3.05, 3.63) is 34.2 Å². The molecule has 4 nitrogen and oxygen atoms in total. The van der Waals surface area contributed by atoms with E-state index in [9.17, 15) is 0 Å². The van der Waals surface area contributed by atoms with Crippen LogP contribution in [0.1, 0.15) is 25.1 Å². The normalized spacial score (nSPS) is 10.7. The average molecular weight is 277 g/mol. The molecule has 0 aliphatic heterocycles. The highest BCUT2D eigenvalue weighted by atomic mass is 32.1. The minimum atomic E-state index is 0.118. The highest BCUT2D eigenvalue weighted by Gasteiger charge is 2.04. The van der Waals surface area contributed by atoms with Crippen molar-refractivity contribution in [3.63, 3.8) is 0 Å². The standard InChI is InChI=1S/C14H19N3OS/c1-10(2)18-13-8-11(3)16-14(17-13)15-6-4-12-5-7-19-9-12/h5,7-10H,4,6H2,1-3H3,(H,15,16,17). The molecule has 1 N–H and O–H groups in total. The van der Waals surface area contributed by atoms with Crippen LogP contribution >= 0.6 is 11.3 Å². The lowest BCUT2D eigenvalue weighted by atomic mass is 10.2. The van der Waals surface area contributed by atoms with Crippen molar-refractivity contribution in [3.8, 4) is 5.88 Å². The number of thiophene rings is 1. The van der Waals surface area contributed by atoms with E-state index in [0.29, 0.717) is 11.8 Å². The third kappa shape index (κ3) is 4.52. The zero-order chi connectivity index (χ0) is 13.7. The topological polar surface area (TPSA) is 47.0 Å². The fourth-order valence-corrected chi connectivity index (χ4v) is 2.38. The Labute approximate surface area is 117 Å². The predicted molar refractivity (Wildman–Crippen MR) is 79.0 cm³/mol. The van der Waals surface area contributed by atoms with Gasteiger partial charge in [-0.05, 0) is 49.6 Å². The Bertz CT molecular complexity index is 511. The molecule has 0 fully saturated rings. The van der Waals surface area contributed by atoms with Gasteiger partial charge in [0.05, 0.1) is 6.10 Å². The fourth-order valence-electron chi connectivity index (χ4n) is 1.67. The van der Waals surface area contributed by atoms with Crippen LogP contribution in [0.5, 0.6) is 5.88 Å². The minimum Gasteiger partial charge on any atom is -0.475 e. The van der Waals surface area contributed by atoms with Gasteiger partial charge in [0.15, 0.2) is 0 Å². The van der Waals surface area contributed by atoms with Crippen molar-refractivity contribution in [2.75, 3.05) is 11.9 Å². The Morgan fingerprint density at radius 2 is 2.21 bits per heavy atom. The molecule has 0 aliphatic carbocycles. The Balaban J connectivity index is 1.93. The second-order valence-electron chi connectivity index (χ2n) is 4.65. The van der Waals surface area contributed by atoms with Gasteiger partial charge >= 0.3 is 0 Å². The van der Waals surface area contributed by atoms with Gasteiger partial charge in [0.1, 0.15) is 0 Å². The zero-order valence-electron chi connectivity index (χ0n) is 11.5. The van der Waals surface area contributed by atoms with E-state index in [2.05, 4.69) is 32.1 Å². The average Bonchev–Trinajstić information content (AvgIpc) is 2.80. The molecule has 0 aliphatic rings. The van der Waals surface area contributed by atoms with Gasteiger partial charge in [-0.3, -0.25) is 0 Å². The summed E-state index contributed by atoms with van der Waals surface area (Å²) in [6.07, 6.45) is 1.09. The number of rotatable bonds is 6. The molecule has 0 atom stereocenters. The van der Waals surface area contributed by atoms with E-state index in [1.165, 1.54) is 5.56 Å². The molecule has 19 heavy (non-hydrogen) atoms. The van der Waals surface area contributed by atoms with Gasteiger partial charge in [0, 0.05) is 18.3 Å². The Morgan fingerprint density at radius 1 is 1.37 bits per heavy atom. The van der Waals surface area contributed by atoms with Gasteiger partial charge in [0.2, 0.25) is 11.8 Å². The number of ether oxygens (including phenoxy) is 1. The fraction of sp³-hybridized carbons (Fsp3) is 0.429. The molecule has 0 saturated heterocycles. The lowest BCUT2D eigenvalue weighted by Gasteiger charge is -2.11. The lowest BCUT2D eigenvalue weighted by molar-refractivity contribution is 0.232. The zero-order valence-corrected chi connectivity index (χ0v) is 12.3. The third-order valence-corrected chi connectivity index (χ3v) is 3.20. The second-order valence-corrected chi connectivity index (χ2v) is 5.43. The van der Waals surface area contributed by atoms with Gasteiger partial charge in [-0.1, -0.05) is 0 Å². The Kier molecular flexibility index (Phi) is 4.74. The molecule has 102 valence electrons. The van der Waals surface area contributed by atoms with E-state index in [1.807, 2.05) is 26.8 Å². The summed E-state index contributed by atoms with van der Waals surface area (Å²) >= 11 is 1.72. The molecular weight excluding hydrogens is 258 g/mol. The third-order valence-electron chi connectivity index (χ3n) is 2.46. The van der Waals surface area contributed by atoms with Gasteiger partial charge in [0.25, 0.3) is 0 Å². The van der Waals surface area contributed by atoms with Crippen molar-refractivity contribution in [1.82, 2.24) is 9.97 Å². The molecule has 5 heteroatoms. The molecule has 2 heterocycles. The van der Waals surface area contributed by atoms with Crippen LogP contribution in [0, 0.1) is 6.92 Å². The maximum Gasteiger partial charge on any atom is 0.226 e. The molecule has 0 unspecified atom stereocenters. The summed E-state index contributed by atoms with van der Waals surface area (Å²) in [7, 11) is 0. The summed E-state index contributed by atoms with van der Waals surface area (Å²) in [6.45, 7) is 6.74. The second kappa shape index (κ2) is 6.52. The van der Waals surface area contributed by atoms with E-state index in [0.717, 1.165) is 18.7 Å². The molecule has 0 spiro atoms. The molecule has 0 aromatic carbocycles. The first-order valence-electron chi connectivity index (χ1n) is 6.41. The number of anilines is 1. The molecule has 2 rings (SSSR count). The number of nitrogens with zero attached hydrogens (tertiary/aromatic N) is 2. The van der Waals surface area contributed by atoms with Gasteiger partial charge < -0.3 is 10.1 Å². The monoisotopic (exact) mass is 277 g/mol. The maximum absolute atomic E-state index is 5.60. The number of hydrogen-bond acceptors (Lipinski definition) is 5. The summed E-state index contributed by atoms with van der Waals surface area (Å²) in [5.41, 5.74) is 2.24. The summed E-state index contributed by atoms with van der Waals surface area (Å²) in [6, 6.07) is 3.99. The van der Waals surface area contributed by atoms with Crippen LogP contribution in [-0.2, 0) is 6.42 Å². The van der Waals surface area contributed by atoms with Crippen molar-refractivity contribution in [2.45, 2.75) is 33.3 Å². The number of aryl methyl sites for hydroxylation is 1. The van der Waals surface area contributed by atoms with Crippen molar-refractivity contribution < 1.29 is 4.74 Å². The van der Waals surface area contributed by atoms with Crippen LogP contribution in [0.25, 0.3) is 0 Å². The highest BCUT2D eigenvalue weighted by Crippen LogP contribution is 2.14. The van der Waals surface area contributed by atoms with Crippen LogP contribution in [0.4, 0.5) is 5.95 Å². The summed E-state index contributed by atoms with van der Waals surface area (Å²) in [5.74, 6) is 1.26. The molecule has 0 saturated carbocycles. The van der Waals surface area contributed by atoms with Crippen LogP contribution in [-0.4, -0.2) is 22.6 Å². The van der Waals surface area contributed by atoms with Crippen molar-refractivity contribution in [1.29, 1.82) is 0 Å². The Hall–Kier alpha value is -1.62. The molecule has 2 aromatic rings. The molecule has 0 bridgehead atoms. The van der Waals surface area contributed by atoms with E-state index < -0.39 is 0 Å². The van der Waals surface area contributed by atoms with Crippen LogP contribution < -0.4 is 10.1 Å². The van der Waals surface area contributed by atoms with E-state index in [4.69, 9.17) is 4.74 Å². The highest BCUT2D eigenvalue weighted by molar-refractivity contribution is 7.07. The van der Waals surface area contributed by atoms with Crippen LogP contribution in [0.2, 0.25) is 0 Å². The SMILES string of the molecule is Cc1cc(OC(C)C)nc(NCCc2ccsc2)n1. The maximum atomic E-state index is 5.60. The smallest absolute Gasteiger partial charge is 0.226 e. The summed E-state index contributed by atoms with van der Waals surface area (Å²) in [4.78, 5) is 8.71. The number of hydrogen-bond donors (Lipinski definition) is 1. The molecule has 2 aromatic heterocycles. The molecular formula is C14H19N3OS. The molecule has 0 amide bonds. The first-order valence-corrected chi connectivity index (χ1v) is 7.35. The van der Waals surface area contributed by atoms with Gasteiger partial charge in [-0.15, -0.1) is 0 Å². The van der Waals surface area contributed by atoms with E-state index in [-0.39, 0.29) is 6.10 Å². The first kappa shape index (κ1) is 13.8. The van der Waals surface area contributed by atoms with Crippen LogP contribution in [0.3, 0.4) is 0 Å². The Morgan fingerprint density at radius 3 is 2.89 bits per heavy atom. The predicted octanol–water partition coefficient (Wildman–Crippen LogP) is 3.29. The molecule has 0 radical (unpaired) electrons. The largest absolute Gasteiger partial charge is 0.475 e. The quantitative estimate of drug-likeness (QED) is 0.880. The number of aromatic nitrogens is 2. The summed E-state index contributed by atoms with van der Waals surface area (Å²) < 4.78 is 5.60. The first-order chi connectivity index (χ1) is 9.13. The van der Waals surface area contributed by atoms with Crippen molar-refractivity contribution in [2.24, 2.45) is 0 Å². The van der Waals surface area contributed by atoms with Gasteiger partial charge in [-0.2, -0.15) is 16.3 Å². The van der Waals surface area contributed by atoms with E-state index >= 15 is 0 Å². The van der Waals surface area contributed by atoms with E-state index in [1.54, 1.807) is 11.3 Å². The van der Waals surface area contributed by atoms with Crippen LogP contribution in [0.15, 0.2) is 22.9 Å². The van der Waals surface area contributed by atoms with Gasteiger partial charge in [-0.25, -0.2) is 4.98 Å². The minimum absolute atomic E-state index is 0.118. The summed E-state index contributed by atoms with van der Waals surface area (Å²) in [5, 5.41) is 7.49. The number of nitrogens with one attached hydrogen (secondary N) is 1. The lowest BCUT2D eigenvalue weighted by Crippen LogP contribution is -2.11. The van der Waals surface area contributed by atoms with Crippen molar-refractivity contribution >= 4 is 17.3 Å².